The second-order valence-corrected chi connectivity index (χ2v) is 16.4. The molecule has 0 aromatic heterocycles. The van der Waals surface area contributed by atoms with Crippen LogP contribution < -0.4 is 36.1 Å². The molecule has 0 radical (unpaired) electrons. The van der Waals surface area contributed by atoms with Crippen molar-refractivity contribution in [2.75, 3.05) is 63.6 Å². The summed E-state index contributed by atoms with van der Waals surface area (Å²) in [5, 5.41) is 0. The van der Waals surface area contributed by atoms with Crippen LogP contribution in [0.4, 0.5) is 0 Å². The topological polar surface area (TPSA) is 37.4 Å². The average Bonchev–Trinajstić information content (AvgIpc) is 3.13. The highest BCUT2D eigenvalue weighted by atomic mass is 31.2. The van der Waals surface area contributed by atoms with Gasteiger partial charge in [0.05, 0.1) is 26.9 Å². The van der Waals surface area contributed by atoms with Crippen molar-refractivity contribution in [1.82, 2.24) is 14.0 Å². The minimum atomic E-state index is -1.78. The molecule has 0 saturated carbocycles. The van der Waals surface area contributed by atoms with E-state index in [0.717, 1.165) is 17.1 Å². The van der Waals surface area contributed by atoms with Crippen LogP contribution in [0, 0.1) is 0 Å². The Labute approximate surface area is 295 Å². The van der Waals surface area contributed by atoms with Gasteiger partial charge in [-0.15, -0.1) is 0 Å². The normalized spacial score (nSPS) is 11.8. The van der Waals surface area contributed by atoms with Crippen molar-refractivity contribution < 1.29 is 14.2 Å². The molecule has 49 heavy (non-hydrogen) atoms. The molecule has 8 heteroatoms. The lowest BCUT2D eigenvalue weighted by Gasteiger charge is -2.44. The number of ether oxygens (including phenoxy) is 3. The second-order valence-electron chi connectivity index (χ2n) is 12.4. The second kappa shape index (κ2) is 17.3. The van der Waals surface area contributed by atoms with Gasteiger partial charge in [0, 0.05) is 54.4 Å². The first kappa shape index (κ1) is 37.4. The van der Waals surface area contributed by atoms with Gasteiger partial charge in [-0.2, -0.15) is 35.9 Å². The Morgan fingerprint density at radius 1 is 0.469 bits per heavy atom. The molecule has 0 aliphatic heterocycles. The number of hydrogen-bond acceptors (Lipinski definition) is 6. The summed E-state index contributed by atoms with van der Waals surface area (Å²) in [4.78, 5) is 0. The summed E-state index contributed by atoms with van der Waals surface area (Å²) in [6.45, 7) is 0. The fourth-order valence-electron chi connectivity index (χ4n) is 6.97. The summed E-state index contributed by atoms with van der Waals surface area (Å²) in [6.07, 6.45) is 0.859. The van der Waals surface area contributed by atoms with Crippen molar-refractivity contribution in [3.05, 3.63) is 145 Å². The van der Waals surface area contributed by atoms with E-state index < -0.39 is 13.9 Å². The average molecular weight is 676 g/mol. The first-order chi connectivity index (χ1) is 23.7. The van der Waals surface area contributed by atoms with Crippen molar-refractivity contribution in [3.8, 4) is 17.2 Å². The van der Waals surface area contributed by atoms with Crippen LogP contribution in [0.15, 0.2) is 139 Å². The van der Waals surface area contributed by atoms with E-state index in [4.69, 9.17) is 14.2 Å². The third-order valence-corrected chi connectivity index (χ3v) is 13.2. The van der Waals surface area contributed by atoms with Crippen molar-refractivity contribution in [2.45, 2.75) is 0 Å². The summed E-state index contributed by atoms with van der Waals surface area (Å²) in [7, 11) is 15.7. The number of hydrogen-bond donors (Lipinski definition) is 0. The lowest BCUT2D eigenvalue weighted by Crippen LogP contribution is -2.74. The molecule has 5 rings (SSSR count). The summed E-state index contributed by atoms with van der Waals surface area (Å²) in [5.74, 6) is 4.38. The SMILES string of the molecule is COc1cc(OC)c(/C=C/[P+](N(C)C)(N(C)C)N(C)C)c(OC)c1.c1ccc([B-](c2ccccc2)(c2ccccc2)c2ccccc2)cc1. The zero-order chi connectivity index (χ0) is 35.4. The Balaban J connectivity index is 0.000000221. The first-order valence-corrected chi connectivity index (χ1v) is 18.2. The molecule has 0 bridgehead atoms. The van der Waals surface area contributed by atoms with Gasteiger partial charge in [-0.25, -0.2) is 0 Å². The number of benzene rings is 5. The Morgan fingerprint density at radius 2 is 0.776 bits per heavy atom. The van der Waals surface area contributed by atoms with E-state index >= 15 is 0 Å². The molecule has 0 saturated heterocycles. The Bertz CT molecular complexity index is 1540. The standard InChI is InChI=1S/C24H20B.C17H31N3O3P/c1-5-13-21(14-6-1)25(22-15-7-2-8-16-22,23-17-9-3-10-18-23)24-19-11-4-12-20-24;1-18(2)24(19(3)4,20(5)6)11-10-15-16(22-8)12-14(21-7)13-17(15)23-9/h1-20H;10-13H,1-9H3/q-1;+1/b;11-10+. The van der Waals surface area contributed by atoms with E-state index in [-0.39, 0.29) is 0 Å². The maximum Gasteiger partial charge on any atom is 0.253 e. The monoisotopic (exact) mass is 675 g/mol. The van der Waals surface area contributed by atoms with Crippen molar-refractivity contribution in [3.63, 3.8) is 0 Å². The highest BCUT2D eigenvalue weighted by molar-refractivity contribution is 7.72. The predicted octanol–water partition coefficient (Wildman–Crippen LogP) is 6.19. The van der Waals surface area contributed by atoms with Gasteiger partial charge in [0.2, 0.25) is 0 Å². The fourth-order valence-corrected chi connectivity index (χ4v) is 10.3. The van der Waals surface area contributed by atoms with Crippen LogP contribution in [0.3, 0.4) is 0 Å². The highest BCUT2D eigenvalue weighted by Crippen LogP contribution is 2.65. The molecule has 0 amide bonds. The zero-order valence-corrected chi connectivity index (χ0v) is 31.3. The van der Waals surface area contributed by atoms with Gasteiger partial charge in [0.25, 0.3) is 7.71 Å². The van der Waals surface area contributed by atoms with Gasteiger partial charge in [-0.1, -0.05) is 121 Å². The first-order valence-electron chi connectivity index (χ1n) is 16.5. The van der Waals surface area contributed by atoms with Gasteiger partial charge in [-0.05, 0) is 6.08 Å². The van der Waals surface area contributed by atoms with Gasteiger partial charge < -0.3 is 14.2 Å². The molecule has 0 N–H and O–H groups in total. The predicted molar refractivity (Wildman–Crippen MR) is 213 cm³/mol. The molecule has 0 heterocycles. The molecule has 5 aromatic rings. The Kier molecular flexibility index (Phi) is 13.2. The van der Waals surface area contributed by atoms with Crippen LogP contribution in [0.2, 0.25) is 0 Å². The van der Waals surface area contributed by atoms with Gasteiger partial charge in [0.1, 0.15) is 29.2 Å². The molecule has 5 aromatic carbocycles. The summed E-state index contributed by atoms with van der Waals surface area (Å²) in [5.41, 5.74) is 6.25. The molecule has 0 atom stereocenters. The van der Waals surface area contributed by atoms with Crippen LogP contribution in [-0.2, 0) is 0 Å². The smallest absolute Gasteiger partial charge is 0.253 e. The molecular formula is C41H51BN3O3P. The molecule has 256 valence electrons. The van der Waals surface area contributed by atoms with E-state index in [9.17, 15) is 0 Å². The van der Waals surface area contributed by atoms with Gasteiger partial charge >= 0.3 is 0 Å². The van der Waals surface area contributed by atoms with E-state index in [1.54, 1.807) is 21.3 Å². The molecule has 0 spiro atoms. The van der Waals surface area contributed by atoms with E-state index in [2.05, 4.69) is 190 Å². The maximum atomic E-state index is 5.54. The minimum Gasteiger partial charge on any atom is -0.496 e. The van der Waals surface area contributed by atoms with Gasteiger partial charge in [0.15, 0.2) is 0 Å². The van der Waals surface area contributed by atoms with Crippen LogP contribution >= 0.6 is 7.71 Å². The zero-order valence-electron chi connectivity index (χ0n) is 30.4. The quantitative estimate of drug-likeness (QED) is 0.116. The molecule has 6 nitrogen and oxygen atoms in total. The lowest BCUT2D eigenvalue weighted by atomic mass is 9.13. The van der Waals surface area contributed by atoms with Gasteiger partial charge in [-0.3, -0.25) is 0 Å². The Morgan fingerprint density at radius 3 is 1.02 bits per heavy atom. The highest BCUT2D eigenvalue weighted by Gasteiger charge is 2.45. The van der Waals surface area contributed by atoms with Crippen molar-refractivity contribution >= 4 is 41.8 Å². The third kappa shape index (κ3) is 7.93. The fraction of sp³-hybridized carbons (Fsp3) is 0.220. The van der Waals surface area contributed by atoms with E-state index in [0.29, 0.717) is 5.75 Å². The van der Waals surface area contributed by atoms with E-state index in [1.165, 1.54) is 21.9 Å². The Hall–Kier alpha value is -4.39. The molecule has 0 aliphatic carbocycles. The van der Waals surface area contributed by atoms with Crippen LogP contribution in [-0.4, -0.2) is 83.8 Å². The molecule has 0 aliphatic rings. The van der Waals surface area contributed by atoms with Crippen LogP contribution in [0.25, 0.3) is 6.08 Å². The van der Waals surface area contributed by atoms with Crippen LogP contribution in [0.5, 0.6) is 17.2 Å². The maximum absolute atomic E-state index is 5.54. The van der Waals surface area contributed by atoms with Crippen LogP contribution in [0.1, 0.15) is 5.56 Å². The molecule has 0 fully saturated rings. The summed E-state index contributed by atoms with van der Waals surface area (Å²) < 4.78 is 23.2. The van der Waals surface area contributed by atoms with Crippen molar-refractivity contribution in [1.29, 1.82) is 0 Å². The number of rotatable bonds is 12. The minimum absolute atomic E-state index is 0.703. The third-order valence-electron chi connectivity index (χ3n) is 9.16. The van der Waals surface area contributed by atoms with E-state index in [1.807, 2.05) is 12.1 Å². The molecule has 0 unspecified atom stereocenters. The summed E-state index contributed by atoms with van der Waals surface area (Å²) in [6, 6.07) is 47.3. The molecular weight excluding hydrogens is 624 g/mol. The summed E-state index contributed by atoms with van der Waals surface area (Å²) >= 11 is 0. The lowest BCUT2D eigenvalue weighted by molar-refractivity contribution is 0.374. The number of methoxy groups -OCH3 is 3. The van der Waals surface area contributed by atoms with Crippen molar-refractivity contribution in [2.24, 2.45) is 0 Å². The largest absolute Gasteiger partial charge is 0.496 e. The number of nitrogens with zero attached hydrogens (tertiary/aromatic N) is 3.